The number of hydrogen-bond donors (Lipinski definition) is 5. The van der Waals surface area contributed by atoms with Crippen LogP contribution in [0.15, 0.2) is 0 Å². The van der Waals surface area contributed by atoms with Crippen molar-refractivity contribution in [3.05, 3.63) is 0 Å². The molecule has 2 fully saturated rings. The van der Waals surface area contributed by atoms with Gasteiger partial charge >= 0.3 is 12.1 Å². The summed E-state index contributed by atoms with van der Waals surface area (Å²) in [7, 11) is 1.65. The Bertz CT molecular complexity index is 1180. The second-order valence-corrected chi connectivity index (χ2v) is 16.2. The van der Waals surface area contributed by atoms with Gasteiger partial charge in [0.15, 0.2) is 0 Å². The van der Waals surface area contributed by atoms with Gasteiger partial charge in [0.1, 0.15) is 30.3 Å². The number of carboxylic acid groups (broad SMARTS) is 1. The van der Waals surface area contributed by atoms with Crippen molar-refractivity contribution in [3.8, 4) is 0 Å². The number of nitrogens with one attached hydrogen (secondary N) is 4. The molecule has 0 aromatic heterocycles. The fourth-order valence-corrected chi connectivity index (χ4v) is 7.16. The van der Waals surface area contributed by atoms with Gasteiger partial charge in [-0.15, -0.1) is 0 Å². The number of amides is 5. The van der Waals surface area contributed by atoms with Gasteiger partial charge in [-0.05, 0) is 91.4 Å². The molecule has 0 aliphatic heterocycles. The number of likely N-dealkylation sites (N-methyl/N-ethyl adjacent to an activating group) is 1. The molecule has 2 saturated carbocycles. The second-order valence-electron chi connectivity index (χ2n) is 16.2. The van der Waals surface area contributed by atoms with Crippen molar-refractivity contribution in [1.29, 1.82) is 0 Å². The summed E-state index contributed by atoms with van der Waals surface area (Å²) in [6.07, 6.45) is 8.37. The Morgan fingerprint density at radius 2 is 1.39 bits per heavy atom. The number of hydrogen-bond acceptors (Lipinski definition) is 8. The third-order valence-corrected chi connectivity index (χ3v) is 9.87. The predicted molar refractivity (Wildman–Crippen MR) is 195 cm³/mol. The maximum atomic E-state index is 14.2. The lowest BCUT2D eigenvalue weighted by Crippen LogP contribution is -2.61. The Hall–Kier alpha value is -3.42. The van der Waals surface area contributed by atoms with Crippen LogP contribution >= 0.6 is 0 Å². The number of nitrogens with zero attached hydrogens (tertiary/aromatic N) is 2. The zero-order valence-electron chi connectivity index (χ0n) is 32.5. The topological polar surface area (TPSA) is 186 Å². The van der Waals surface area contributed by atoms with Gasteiger partial charge in [0.25, 0.3) is 0 Å². The van der Waals surface area contributed by atoms with Crippen LogP contribution in [0.3, 0.4) is 0 Å². The zero-order valence-corrected chi connectivity index (χ0v) is 32.5. The van der Waals surface area contributed by atoms with Crippen molar-refractivity contribution in [2.24, 2.45) is 17.8 Å². The molecule has 4 atom stereocenters. The van der Waals surface area contributed by atoms with Crippen molar-refractivity contribution >= 4 is 35.7 Å². The average molecular weight is 723 g/mol. The maximum absolute atomic E-state index is 14.2. The van der Waals surface area contributed by atoms with Crippen molar-refractivity contribution in [1.82, 2.24) is 31.1 Å². The number of aliphatic carboxylic acids is 1. The van der Waals surface area contributed by atoms with E-state index in [0.717, 1.165) is 38.6 Å². The normalized spacial score (nSPS) is 18.1. The molecule has 4 unspecified atom stereocenters. The van der Waals surface area contributed by atoms with Gasteiger partial charge in [-0.3, -0.25) is 28.9 Å². The molecule has 2 aliphatic rings. The summed E-state index contributed by atoms with van der Waals surface area (Å²) in [6.45, 7) is 14.8. The molecule has 5 N–H and O–H groups in total. The van der Waals surface area contributed by atoms with E-state index in [0.29, 0.717) is 25.2 Å². The summed E-state index contributed by atoms with van der Waals surface area (Å²) < 4.78 is 5.26. The molecule has 14 heteroatoms. The highest BCUT2D eigenvalue weighted by molar-refractivity contribution is 5.95. The molecule has 0 saturated heterocycles. The highest BCUT2D eigenvalue weighted by Crippen LogP contribution is 2.29. The lowest BCUT2D eigenvalue weighted by molar-refractivity contribution is -0.145. The van der Waals surface area contributed by atoms with E-state index in [-0.39, 0.29) is 30.3 Å². The van der Waals surface area contributed by atoms with Crippen molar-refractivity contribution in [3.63, 3.8) is 0 Å². The first-order chi connectivity index (χ1) is 23.8. The Morgan fingerprint density at radius 3 is 1.92 bits per heavy atom. The van der Waals surface area contributed by atoms with Gasteiger partial charge in [-0.2, -0.15) is 0 Å². The molecular weight excluding hydrogens is 656 g/mol. The summed E-state index contributed by atoms with van der Waals surface area (Å²) in [4.78, 5) is 82.7. The summed E-state index contributed by atoms with van der Waals surface area (Å²) in [5.74, 6) is -2.97. The van der Waals surface area contributed by atoms with Crippen LogP contribution in [0.5, 0.6) is 0 Å². The smallest absolute Gasteiger partial charge is 0.407 e. The van der Waals surface area contributed by atoms with Gasteiger partial charge in [0.05, 0.1) is 12.6 Å². The van der Waals surface area contributed by atoms with Crippen LogP contribution in [0.4, 0.5) is 4.79 Å². The van der Waals surface area contributed by atoms with E-state index in [1.165, 1.54) is 17.7 Å². The molecule has 0 bridgehead atoms. The minimum Gasteiger partial charge on any atom is -0.480 e. The number of rotatable bonds is 18. The van der Waals surface area contributed by atoms with Gasteiger partial charge in [-0.1, -0.05) is 46.0 Å². The summed E-state index contributed by atoms with van der Waals surface area (Å²) in [5.41, 5.74) is -0.813. The molecule has 0 radical (unpaired) electrons. The van der Waals surface area contributed by atoms with Crippen LogP contribution in [0.1, 0.15) is 120 Å². The lowest BCUT2D eigenvalue weighted by atomic mass is 9.83. The van der Waals surface area contributed by atoms with Gasteiger partial charge in [-0.25, -0.2) is 4.79 Å². The highest BCUT2D eigenvalue weighted by Gasteiger charge is 2.39. The number of carboxylic acids is 1. The van der Waals surface area contributed by atoms with Crippen molar-refractivity contribution in [2.75, 3.05) is 26.7 Å². The van der Waals surface area contributed by atoms with Crippen molar-refractivity contribution < 1.29 is 38.6 Å². The van der Waals surface area contributed by atoms with E-state index in [2.05, 4.69) is 40.0 Å². The van der Waals surface area contributed by atoms with Crippen LogP contribution in [-0.2, 0) is 28.7 Å². The number of carbonyl (C=O) groups is 6. The molecule has 5 amide bonds. The van der Waals surface area contributed by atoms with Crippen LogP contribution in [0, 0.1) is 17.8 Å². The molecule has 2 rings (SSSR count). The third kappa shape index (κ3) is 15.0. The van der Waals surface area contributed by atoms with Crippen LogP contribution in [0.25, 0.3) is 0 Å². The summed E-state index contributed by atoms with van der Waals surface area (Å²) >= 11 is 0. The quantitative estimate of drug-likeness (QED) is 0.141. The Morgan fingerprint density at radius 1 is 0.804 bits per heavy atom. The number of carbonyl (C=O) groups excluding carboxylic acids is 5. The molecular formula is C37H66N6O8. The van der Waals surface area contributed by atoms with E-state index in [1.54, 1.807) is 27.8 Å². The maximum Gasteiger partial charge on any atom is 0.407 e. The number of alkyl carbamates (subject to hydrolysis) is 1. The zero-order chi connectivity index (χ0) is 38.5. The lowest BCUT2D eigenvalue weighted by Gasteiger charge is -2.38. The van der Waals surface area contributed by atoms with E-state index in [1.807, 2.05) is 20.8 Å². The van der Waals surface area contributed by atoms with Crippen LogP contribution in [-0.4, -0.2) is 113 Å². The number of ether oxygens (including phenoxy) is 1. The molecule has 51 heavy (non-hydrogen) atoms. The van der Waals surface area contributed by atoms with Crippen molar-refractivity contribution in [2.45, 2.75) is 155 Å². The molecule has 0 spiro atoms. The summed E-state index contributed by atoms with van der Waals surface area (Å²) in [6, 6.07) is -3.54. The first-order valence-corrected chi connectivity index (χ1v) is 18.9. The highest BCUT2D eigenvalue weighted by atomic mass is 16.6. The monoisotopic (exact) mass is 722 g/mol. The summed E-state index contributed by atoms with van der Waals surface area (Å²) in [5, 5.41) is 19.5. The molecule has 292 valence electrons. The third-order valence-electron chi connectivity index (χ3n) is 9.87. The van der Waals surface area contributed by atoms with Crippen LogP contribution < -0.4 is 21.3 Å². The molecule has 0 aromatic carbocycles. The Labute approximate surface area is 304 Å². The molecule has 2 aliphatic carbocycles. The Kier molecular flexibility index (Phi) is 17.6. The van der Waals surface area contributed by atoms with E-state index < -0.39 is 66.1 Å². The molecule has 0 aromatic rings. The minimum absolute atomic E-state index is 0.0641. The minimum atomic E-state index is -1.36. The fourth-order valence-electron chi connectivity index (χ4n) is 7.16. The molecule has 0 heterocycles. The second kappa shape index (κ2) is 20.6. The Balaban J connectivity index is 2.32. The first kappa shape index (κ1) is 43.7. The van der Waals surface area contributed by atoms with E-state index >= 15 is 0 Å². The fraction of sp³-hybridized carbons (Fsp3) is 0.838. The van der Waals surface area contributed by atoms with E-state index in [4.69, 9.17) is 9.84 Å². The molecule has 14 nitrogen and oxygen atoms in total. The van der Waals surface area contributed by atoms with Gasteiger partial charge in [0, 0.05) is 19.6 Å². The van der Waals surface area contributed by atoms with Crippen LogP contribution in [0.2, 0.25) is 0 Å². The predicted octanol–water partition coefficient (Wildman–Crippen LogP) is 3.42. The average Bonchev–Trinajstić information content (AvgIpc) is 3.57. The van der Waals surface area contributed by atoms with Gasteiger partial charge in [0.2, 0.25) is 23.6 Å². The SMILES string of the molecule is CC(C)CC(C(=O)NC(C(=O)NC(CNC(=O)OC(C)(C)C)C(=O)NCC(=O)O)C1CCCCC1)N(C)C(=O)C(C)N(CC1CCCC1)C(C)C. The largest absolute Gasteiger partial charge is 0.480 e. The first-order valence-electron chi connectivity index (χ1n) is 18.9. The van der Waals surface area contributed by atoms with E-state index in [9.17, 15) is 28.8 Å². The standard InChI is InChI=1S/C37H66N6O8/c1-23(2)19-29(42(9)35(49)25(5)43(24(3)4)22-26-15-13-14-16-26)33(47)41-31(27-17-11-10-12-18-27)34(48)40-28(32(46)38-21-30(44)45)20-39-36(50)51-37(6,7)8/h23-29,31H,10-22H2,1-9H3,(H,38,46)(H,39,50)(H,40,48)(H,41,47)(H,44,45). The van der Waals surface area contributed by atoms with Gasteiger partial charge < -0.3 is 36.0 Å².